The van der Waals surface area contributed by atoms with E-state index in [2.05, 4.69) is 10.2 Å². The van der Waals surface area contributed by atoms with Gasteiger partial charge in [0.1, 0.15) is 12.4 Å². The molecule has 0 radical (unpaired) electrons. The molecule has 2 rings (SSSR count). The Kier molecular flexibility index (Phi) is 5.92. The summed E-state index contributed by atoms with van der Waals surface area (Å²) >= 11 is 6.19. The molecule has 106 valence electrons. The van der Waals surface area contributed by atoms with Crippen LogP contribution in [0.4, 0.5) is 0 Å². The number of nitrogens with one attached hydrogen (secondary N) is 1. The molecule has 4 nitrogen and oxygen atoms in total. The van der Waals surface area contributed by atoms with Crippen LogP contribution < -0.4 is 10.1 Å². The minimum Gasteiger partial charge on any atom is -0.492 e. The molecule has 0 bridgehead atoms. The van der Waals surface area contributed by atoms with E-state index in [1.54, 1.807) is 0 Å². The van der Waals surface area contributed by atoms with E-state index >= 15 is 0 Å². The third kappa shape index (κ3) is 4.35. The lowest BCUT2D eigenvalue weighted by Crippen LogP contribution is -2.38. The highest BCUT2D eigenvalue weighted by atomic mass is 35.5. The third-order valence-corrected chi connectivity index (χ3v) is 3.55. The Morgan fingerprint density at radius 1 is 1.37 bits per heavy atom. The molecule has 0 aromatic heterocycles. The van der Waals surface area contributed by atoms with Gasteiger partial charge in [0.25, 0.3) is 0 Å². The second-order valence-electron chi connectivity index (χ2n) is 4.55. The molecule has 1 saturated heterocycles. The zero-order chi connectivity index (χ0) is 13.5. The van der Waals surface area contributed by atoms with Crippen LogP contribution in [0.25, 0.3) is 0 Å². The average molecular weight is 285 g/mol. The fraction of sp³-hybridized carbons (Fsp3) is 0.571. The summed E-state index contributed by atoms with van der Waals surface area (Å²) in [6, 6.07) is 5.78. The zero-order valence-corrected chi connectivity index (χ0v) is 12.1. The summed E-state index contributed by atoms with van der Waals surface area (Å²) in [4.78, 5) is 2.35. The van der Waals surface area contributed by atoms with Crippen LogP contribution in [-0.4, -0.2) is 51.4 Å². The van der Waals surface area contributed by atoms with Crippen LogP contribution in [0, 0.1) is 0 Å². The maximum absolute atomic E-state index is 6.19. The summed E-state index contributed by atoms with van der Waals surface area (Å²) in [6.07, 6.45) is 0. The first-order valence-electron chi connectivity index (χ1n) is 6.66. The van der Waals surface area contributed by atoms with E-state index in [0.717, 1.165) is 49.2 Å². The number of morpholine rings is 1. The average Bonchev–Trinajstić information content (AvgIpc) is 2.44. The summed E-state index contributed by atoms with van der Waals surface area (Å²) in [6.45, 7) is 5.94. The molecule has 1 aromatic rings. The highest BCUT2D eigenvalue weighted by molar-refractivity contribution is 6.31. The lowest BCUT2D eigenvalue weighted by atomic mass is 10.2. The first kappa shape index (κ1) is 14.6. The second-order valence-corrected chi connectivity index (χ2v) is 4.96. The van der Waals surface area contributed by atoms with Crippen molar-refractivity contribution >= 4 is 11.6 Å². The largest absolute Gasteiger partial charge is 0.492 e. The van der Waals surface area contributed by atoms with Gasteiger partial charge in [0.2, 0.25) is 0 Å². The highest BCUT2D eigenvalue weighted by Crippen LogP contribution is 2.26. The van der Waals surface area contributed by atoms with Gasteiger partial charge in [-0.1, -0.05) is 17.7 Å². The molecule has 0 unspecified atom stereocenters. The highest BCUT2D eigenvalue weighted by Gasteiger charge is 2.11. The molecule has 1 aliphatic heterocycles. The van der Waals surface area contributed by atoms with Gasteiger partial charge in [-0.15, -0.1) is 0 Å². The minimum absolute atomic E-state index is 0.678. The molecule has 1 heterocycles. The molecule has 0 saturated carbocycles. The van der Waals surface area contributed by atoms with Gasteiger partial charge in [-0.25, -0.2) is 0 Å². The van der Waals surface area contributed by atoms with Crippen molar-refractivity contribution in [2.75, 3.05) is 46.5 Å². The quantitative estimate of drug-likeness (QED) is 0.863. The molecular weight excluding hydrogens is 264 g/mol. The van der Waals surface area contributed by atoms with Crippen LogP contribution in [-0.2, 0) is 11.3 Å². The van der Waals surface area contributed by atoms with E-state index in [4.69, 9.17) is 21.1 Å². The number of ether oxygens (including phenoxy) is 2. The van der Waals surface area contributed by atoms with E-state index in [0.29, 0.717) is 13.2 Å². The number of hydrogen-bond donors (Lipinski definition) is 1. The predicted octanol–water partition coefficient (Wildman–Crippen LogP) is 1.77. The lowest BCUT2D eigenvalue weighted by molar-refractivity contribution is 0.0322. The Balaban J connectivity index is 1.86. The topological polar surface area (TPSA) is 33.7 Å². The van der Waals surface area contributed by atoms with Gasteiger partial charge < -0.3 is 14.8 Å². The van der Waals surface area contributed by atoms with Gasteiger partial charge in [0.05, 0.1) is 13.2 Å². The number of nitrogens with zero attached hydrogens (tertiary/aromatic N) is 1. The summed E-state index contributed by atoms with van der Waals surface area (Å²) in [5, 5.41) is 3.86. The number of rotatable bonds is 6. The molecular formula is C14H21ClN2O2. The molecule has 0 atom stereocenters. The van der Waals surface area contributed by atoms with Crippen LogP contribution in [0.15, 0.2) is 18.2 Å². The molecule has 0 spiro atoms. The first-order chi connectivity index (χ1) is 9.31. The van der Waals surface area contributed by atoms with Crippen molar-refractivity contribution < 1.29 is 9.47 Å². The minimum atomic E-state index is 0.678. The van der Waals surface area contributed by atoms with Crippen molar-refractivity contribution in [1.29, 1.82) is 0 Å². The van der Waals surface area contributed by atoms with E-state index in [9.17, 15) is 0 Å². The monoisotopic (exact) mass is 284 g/mol. The van der Waals surface area contributed by atoms with Crippen LogP contribution in [0.3, 0.4) is 0 Å². The van der Waals surface area contributed by atoms with E-state index in [-0.39, 0.29) is 0 Å². The van der Waals surface area contributed by atoms with Gasteiger partial charge >= 0.3 is 0 Å². The standard InChI is InChI=1S/C14H21ClN2O2/c1-16-11-12-13(15)3-2-4-14(12)19-10-7-17-5-8-18-9-6-17/h2-4,16H,5-11H2,1H3. The fourth-order valence-electron chi connectivity index (χ4n) is 2.13. The van der Waals surface area contributed by atoms with Crippen molar-refractivity contribution in [3.05, 3.63) is 28.8 Å². The number of benzene rings is 1. The molecule has 1 aromatic carbocycles. The van der Waals surface area contributed by atoms with Gasteiger partial charge in [-0.05, 0) is 19.2 Å². The summed E-state index contributed by atoms with van der Waals surface area (Å²) in [7, 11) is 1.90. The van der Waals surface area contributed by atoms with Gasteiger partial charge in [-0.2, -0.15) is 0 Å². The molecule has 0 amide bonds. The Hall–Kier alpha value is -0.810. The second kappa shape index (κ2) is 7.70. The maximum atomic E-state index is 6.19. The fourth-order valence-corrected chi connectivity index (χ4v) is 2.36. The van der Waals surface area contributed by atoms with E-state index in [1.165, 1.54) is 0 Å². The SMILES string of the molecule is CNCc1c(Cl)cccc1OCCN1CCOCC1. The van der Waals surface area contributed by atoms with Crippen LogP contribution in [0.5, 0.6) is 5.75 Å². The smallest absolute Gasteiger partial charge is 0.125 e. The summed E-state index contributed by atoms with van der Waals surface area (Å²) < 4.78 is 11.2. The molecule has 19 heavy (non-hydrogen) atoms. The van der Waals surface area contributed by atoms with Crippen LogP contribution in [0.1, 0.15) is 5.56 Å². The number of hydrogen-bond acceptors (Lipinski definition) is 4. The van der Waals surface area contributed by atoms with Crippen molar-refractivity contribution in [3.63, 3.8) is 0 Å². The molecule has 1 fully saturated rings. The van der Waals surface area contributed by atoms with Crippen molar-refractivity contribution in [3.8, 4) is 5.75 Å². The van der Waals surface area contributed by atoms with Crippen molar-refractivity contribution in [2.24, 2.45) is 0 Å². The maximum Gasteiger partial charge on any atom is 0.125 e. The van der Waals surface area contributed by atoms with Crippen molar-refractivity contribution in [2.45, 2.75) is 6.54 Å². The van der Waals surface area contributed by atoms with Crippen LogP contribution in [0.2, 0.25) is 5.02 Å². The Labute approximate surface area is 119 Å². The first-order valence-corrected chi connectivity index (χ1v) is 7.04. The van der Waals surface area contributed by atoms with E-state index < -0.39 is 0 Å². The van der Waals surface area contributed by atoms with Gasteiger partial charge in [-0.3, -0.25) is 4.90 Å². The van der Waals surface area contributed by atoms with Gasteiger partial charge in [0.15, 0.2) is 0 Å². The van der Waals surface area contributed by atoms with E-state index in [1.807, 2.05) is 25.2 Å². The molecule has 0 aliphatic carbocycles. The normalized spacial score (nSPS) is 16.5. The third-order valence-electron chi connectivity index (χ3n) is 3.20. The zero-order valence-electron chi connectivity index (χ0n) is 11.3. The summed E-state index contributed by atoms with van der Waals surface area (Å²) in [5.41, 5.74) is 1.02. The Morgan fingerprint density at radius 3 is 2.89 bits per heavy atom. The molecule has 1 N–H and O–H groups in total. The number of halogens is 1. The lowest BCUT2D eigenvalue weighted by Gasteiger charge is -2.26. The van der Waals surface area contributed by atoms with Gasteiger partial charge in [0, 0.05) is 36.8 Å². The van der Waals surface area contributed by atoms with Crippen LogP contribution >= 0.6 is 11.6 Å². The Bertz CT molecular complexity index is 395. The summed E-state index contributed by atoms with van der Waals surface area (Å²) in [5.74, 6) is 0.870. The van der Waals surface area contributed by atoms with Crippen molar-refractivity contribution in [1.82, 2.24) is 10.2 Å². The molecule has 1 aliphatic rings. The predicted molar refractivity (Wildman–Crippen MR) is 77.0 cm³/mol. The Morgan fingerprint density at radius 2 is 2.16 bits per heavy atom. The molecule has 5 heteroatoms.